The van der Waals surface area contributed by atoms with Crippen molar-refractivity contribution in [2.45, 2.75) is 24.9 Å². The van der Waals surface area contributed by atoms with Crippen molar-refractivity contribution in [1.82, 2.24) is 4.90 Å². The van der Waals surface area contributed by atoms with Crippen molar-refractivity contribution in [3.63, 3.8) is 0 Å². The molecule has 1 heterocycles. The van der Waals surface area contributed by atoms with Gasteiger partial charge in [0.05, 0.1) is 12.0 Å². The van der Waals surface area contributed by atoms with Gasteiger partial charge in [0.15, 0.2) is 0 Å². The molecule has 1 amide bonds. The number of rotatable bonds is 2. The van der Waals surface area contributed by atoms with Crippen LogP contribution < -0.4 is 0 Å². The van der Waals surface area contributed by atoms with E-state index in [2.05, 4.69) is 15.9 Å². The standard InChI is InChI=1S/C15H16BrNO2/c16-12-3-1-10(2-4-12)15(19)5-6-17(9-15)13(18)14-7-11(14)8-14/h1-4,11,19H,5-9H2. The topological polar surface area (TPSA) is 40.5 Å². The number of fused-ring (bicyclic) bond motifs is 1. The molecule has 4 heteroatoms. The van der Waals surface area contributed by atoms with Crippen LogP contribution >= 0.6 is 15.9 Å². The van der Waals surface area contributed by atoms with Gasteiger partial charge in [0.25, 0.3) is 0 Å². The average molecular weight is 322 g/mol. The maximum atomic E-state index is 12.4. The van der Waals surface area contributed by atoms with Gasteiger partial charge in [-0.05, 0) is 42.9 Å². The number of hydrogen-bond acceptors (Lipinski definition) is 2. The number of benzene rings is 1. The summed E-state index contributed by atoms with van der Waals surface area (Å²) in [6.07, 6.45) is 2.80. The maximum Gasteiger partial charge on any atom is 0.229 e. The summed E-state index contributed by atoms with van der Waals surface area (Å²) >= 11 is 3.40. The predicted molar refractivity (Wildman–Crippen MR) is 74.4 cm³/mol. The van der Waals surface area contributed by atoms with Crippen LogP contribution in [0, 0.1) is 11.3 Å². The summed E-state index contributed by atoms with van der Waals surface area (Å²) in [6.45, 7) is 1.13. The Balaban J connectivity index is 1.53. The van der Waals surface area contributed by atoms with E-state index in [1.807, 2.05) is 29.2 Å². The van der Waals surface area contributed by atoms with Crippen LogP contribution in [0.25, 0.3) is 0 Å². The van der Waals surface area contributed by atoms with Crippen molar-refractivity contribution >= 4 is 21.8 Å². The molecule has 100 valence electrons. The second-order valence-corrected chi connectivity index (χ2v) is 7.19. The maximum absolute atomic E-state index is 12.4. The Bertz CT molecular complexity index is 550. The van der Waals surface area contributed by atoms with Crippen molar-refractivity contribution in [2.24, 2.45) is 11.3 Å². The van der Waals surface area contributed by atoms with Crippen LogP contribution in [0.1, 0.15) is 24.8 Å². The largest absolute Gasteiger partial charge is 0.383 e. The number of β-amino-alcohol motifs (C(OH)–C–C–N with tert-alkyl or cyclic N) is 1. The molecule has 1 aromatic rings. The molecule has 1 unspecified atom stereocenters. The minimum Gasteiger partial charge on any atom is -0.383 e. The molecule has 1 aromatic carbocycles. The first kappa shape index (κ1) is 11.9. The molecule has 19 heavy (non-hydrogen) atoms. The van der Waals surface area contributed by atoms with Gasteiger partial charge < -0.3 is 10.0 Å². The van der Waals surface area contributed by atoms with Gasteiger partial charge in [-0.25, -0.2) is 0 Å². The summed E-state index contributed by atoms with van der Waals surface area (Å²) in [4.78, 5) is 14.2. The number of hydrogen-bond donors (Lipinski definition) is 1. The number of aliphatic hydroxyl groups is 1. The summed E-state index contributed by atoms with van der Waals surface area (Å²) < 4.78 is 1.00. The van der Waals surface area contributed by atoms with E-state index in [9.17, 15) is 9.90 Å². The molecule has 1 aliphatic heterocycles. The quantitative estimate of drug-likeness (QED) is 0.907. The lowest BCUT2D eigenvalue weighted by molar-refractivity contribution is -0.134. The zero-order valence-electron chi connectivity index (χ0n) is 10.6. The Morgan fingerprint density at radius 1 is 1.32 bits per heavy atom. The highest BCUT2D eigenvalue weighted by Crippen LogP contribution is 2.76. The van der Waals surface area contributed by atoms with Gasteiger partial charge in [0.2, 0.25) is 5.91 Å². The number of carbonyl (C=O) groups is 1. The third-order valence-corrected chi connectivity index (χ3v) is 5.55. The van der Waals surface area contributed by atoms with Gasteiger partial charge in [0, 0.05) is 11.0 Å². The number of halogens is 1. The van der Waals surface area contributed by atoms with Crippen molar-refractivity contribution < 1.29 is 9.90 Å². The molecule has 3 fully saturated rings. The fraction of sp³-hybridized carbons (Fsp3) is 0.533. The second kappa shape index (κ2) is 3.61. The van der Waals surface area contributed by atoms with E-state index in [-0.39, 0.29) is 11.3 Å². The normalized spacial score (nSPS) is 39.1. The molecular weight excluding hydrogens is 306 g/mol. The van der Waals surface area contributed by atoms with Gasteiger partial charge >= 0.3 is 0 Å². The molecule has 2 saturated carbocycles. The number of nitrogens with zero attached hydrogens (tertiary/aromatic N) is 1. The highest BCUT2D eigenvalue weighted by molar-refractivity contribution is 9.10. The molecule has 2 aliphatic carbocycles. The lowest BCUT2D eigenvalue weighted by Gasteiger charge is -2.24. The van der Waals surface area contributed by atoms with Gasteiger partial charge in [-0.15, -0.1) is 0 Å². The number of likely N-dealkylation sites (tertiary alicyclic amines) is 1. The van der Waals surface area contributed by atoms with E-state index < -0.39 is 5.60 Å². The zero-order chi connectivity index (χ0) is 13.3. The first-order chi connectivity index (χ1) is 9.03. The van der Waals surface area contributed by atoms with Crippen molar-refractivity contribution in [3.05, 3.63) is 34.3 Å². The fourth-order valence-electron chi connectivity index (χ4n) is 3.33. The van der Waals surface area contributed by atoms with E-state index in [0.717, 1.165) is 22.9 Å². The molecule has 1 atom stereocenters. The molecule has 3 nitrogen and oxygen atoms in total. The Labute approximate surface area is 120 Å². The van der Waals surface area contributed by atoms with Crippen molar-refractivity contribution in [2.75, 3.05) is 13.1 Å². The lowest BCUT2D eigenvalue weighted by Crippen LogP contribution is -2.36. The van der Waals surface area contributed by atoms with E-state index in [1.54, 1.807) is 0 Å². The molecule has 1 N–H and O–H groups in total. The molecule has 0 spiro atoms. The third kappa shape index (κ3) is 1.69. The molecule has 4 rings (SSSR count). The van der Waals surface area contributed by atoms with Gasteiger partial charge in [-0.1, -0.05) is 28.1 Å². The van der Waals surface area contributed by atoms with E-state index in [4.69, 9.17) is 0 Å². The summed E-state index contributed by atoms with van der Waals surface area (Å²) in [7, 11) is 0. The van der Waals surface area contributed by atoms with Gasteiger partial charge in [0.1, 0.15) is 5.60 Å². The van der Waals surface area contributed by atoms with Crippen LogP contribution in [-0.4, -0.2) is 29.0 Å². The van der Waals surface area contributed by atoms with E-state index >= 15 is 0 Å². The third-order valence-electron chi connectivity index (χ3n) is 5.02. The Morgan fingerprint density at radius 3 is 2.53 bits per heavy atom. The first-order valence-corrected chi connectivity index (χ1v) is 7.61. The average Bonchev–Trinajstić information content (AvgIpc) is 3.20. The van der Waals surface area contributed by atoms with Crippen LogP contribution in [-0.2, 0) is 10.4 Å². The molecule has 1 saturated heterocycles. The van der Waals surface area contributed by atoms with Crippen LogP contribution in [0.3, 0.4) is 0 Å². The smallest absolute Gasteiger partial charge is 0.229 e. The highest BCUT2D eigenvalue weighted by Gasteiger charge is 2.75. The Kier molecular flexibility index (Phi) is 2.26. The molecule has 0 radical (unpaired) electrons. The zero-order valence-corrected chi connectivity index (χ0v) is 12.2. The molecule has 3 aliphatic rings. The monoisotopic (exact) mass is 321 g/mol. The van der Waals surface area contributed by atoms with Crippen LogP contribution in [0.5, 0.6) is 0 Å². The summed E-state index contributed by atoms with van der Waals surface area (Å²) in [5.41, 5.74) is 0.0590. The van der Waals surface area contributed by atoms with Crippen molar-refractivity contribution in [3.8, 4) is 0 Å². The minimum absolute atomic E-state index is 0.0188. The Morgan fingerprint density at radius 2 is 1.95 bits per heavy atom. The minimum atomic E-state index is -0.869. The van der Waals surface area contributed by atoms with Crippen LogP contribution in [0.2, 0.25) is 0 Å². The summed E-state index contributed by atoms with van der Waals surface area (Å²) in [5, 5.41) is 10.8. The SMILES string of the molecule is O=C(N1CCC(O)(c2ccc(Br)cc2)C1)C12CC1C2. The fourth-order valence-corrected chi connectivity index (χ4v) is 3.59. The summed E-state index contributed by atoms with van der Waals surface area (Å²) in [6, 6.07) is 7.75. The van der Waals surface area contributed by atoms with Gasteiger partial charge in [-0.2, -0.15) is 0 Å². The van der Waals surface area contributed by atoms with E-state index in [0.29, 0.717) is 25.4 Å². The predicted octanol–water partition coefficient (Wildman–Crippen LogP) is 2.28. The van der Waals surface area contributed by atoms with Crippen molar-refractivity contribution in [1.29, 1.82) is 0 Å². The highest BCUT2D eigenvalue weighted by atomic mass is 79.9. The number of amides is 1. The van der Waals surface area contributed by atoms with Crippen LogP contribution in [0.15, 0.2) is 28.7 Å². The van der Waals surface area contributed by atoms with Crippen LogP contribution in [0.4, 0.5) is 0 Å². The van der Waals surface area contributed by atoms with E-state index in [1.165, 1.54) is 0 Å². The summed E-state index contributed by atoms with van der Waals surface area (Å²) in [5.74, 6) is 0.951. The first-order valence-electron chi connectivity index (χ1n) is 6.81. The lowest BCUT2D eigenvalue weighted by atomic mass is 9.93. The second-order valence-electron chi connectivity index (χ2n) is 6.28. The molecule has 0 aromatic heterocycles. The Hall–Kier alpha value is -0.870. The molecule has 0 bridgehead atoms. The van der Waals surface area contributed by atoms with Gasteiger partial charge in [-0.3, -0.25) is 4.79 Å². The molecular formula is C15H16BrNO2. The number of carbonyl (C=O) groups excluding carboxylic acids is 1.